The average molecular weight is 762 g/mol. The molecule has 1 N–H and O–H groups in total. The topological polar surface area (TPSA) is 116 Å². The second-order valence-corrected chi connectivity index (χ2v) is 22.5. The summed E-state index contributed by atoms with van der Waals surface area (Å²) in [5.74, 6) is 0.965. The molecule has 0 aliphatic carbocycles. The first-order valence-electron chi connectivity index (χ1n) is 18.3. The number of hydrogen-bond acceptors (Lipinski definition) is 10. The maximum Gasteiger partial charge on any atom is 0.414 e. The lowest BCUT2D eigenvalue weighted by Crippen LogP contribution is -2.46. The molecule has 2 aliphatic heterocycles. The van der Waals surface area contributed by atoms with Crippen molar-refractivity contribution in [2.75, 3.05) is 62.6 Å². The number of halogens is 1. The van der Waals surface area contributed by atoms with Crippen molar-refractivity contribution >= 4 is 49.0 Å². The van der Waals surface area contributed by atoms with Gasteiger partial charge in [-0.2, -0.15) is 5.26 Å². The molecule has 3 aromatic rings. The van der Waals surface area contributed by atoms with E-state index in [1.807, 2.05) is 45.0 Å². The Morgan fingerprint density at radius 1 is 1.13 bits per heavy atom. The number of piperidine rings is 1. The van der Waals surface area contributed by atoms with E-state index in [0.717, 1.165) is 42.7 Å². The molecule has 1 fully saturated rings. The summed E-state index contributed by atoms with van der Waals surface area (Å²) in [6, 6.07) is 12.3. The molecule has 2 aromatic carbocycles. The van der Waals surface area contributed by atoms with Crippen LogP contribution in [0.3, 0.4) is 0 Å². The second kappa shape index (κ2) is 15.1. The fraction of sp³-hybridized carbons (Fsp3) is 0.550. The molecule has 0 spiro atoms. The Hall–Kier alpha value is -3.89. The Kier molecular flexibility index (Phi) is 11.5. The summed E-state index contributed by atoms with van der Waals surface area (Å²) in [7, 11) is 3.73. The van der Waals surface area contributed by atoms with Crippen molar-refractivity contribution in [1.82, 2.24) is 14.9 Å². The molecule has 1 unspecified atom stereocenters. The van der Waals surface area contributed by atoms with E-state index >= 15 is 0 Å². The van der Waals surface area contributed by atoms with Gasteiger partial charge in [0.2, 0.25) is 5.95 Å². The number of nitriles is 1. The van der Waals surface area contributed by atoms with Crippen LogP contribution >= 0.6 is 11.6 Å². The summed E-state index contributed by atoms with van der Waals surface area (Å²) >= 11 is 6.88. The van der Waals surface area contributed by atoms with Crippen molar-refractivity contribution < 1.29 is 18.7 Å². The number of nitrogens with one attached hydrogen (secondary N) is 1. The SMILES string of the molecule is COc1cc(N2CCC(N(C)C)CC2)c(Cl)cc1Nc1nccc(-c2cc(C#N)c3c(c2)C(C)(CO[Si](C)(C)C(C)(C)C)CN3C(=O)OC(C)(C)C)n1. The fourth-order valence-corrected chi connectivity index (χ4v) is 8.05. The van der Waals surface area contributed by atoms with Gasteiger partial charge in [-0.1, -0.05) is 39.3 Å². The van der Waals surface area contributed by atoms with Gasteiger partial charge in [0, 0.05) is 55.5 Å². The van der Waals surface area contributed by atoms with Crippen molar-refractivity contribution in [2.24, 2.45) is 0 Å². The second-order valence-electron chi connectivity index (χ2n) is 17.3. The van der Waals surface area contributed by atoms with Crippen LogP contribution in [0.2, 0.25) is 23.2 Å². The first-order valence-corrected chi connectivity index (χ1v) is 21.6. The van der Waals surface area contributed by atoms with Crippen molar-refractivity contribution in [3.63, 3.8) is 0 Å². The number of hydrogen-bond donors (Lipinski definition) is 1. The molecular weight excluding hydrogens is 706 g/mol. The van der Waals surface area contributed by atoms with E-state index in [-0.39, 0.29) is 5.04 Å². The average Bonchev–Trinajstić information content (AvgIpc) is 3.39. The molecule has 0 bridgehead atoms. The van der Waals surface area contributed by atoms with Gasteiger partial charge in [-0.25, -0.2) is 14.8 Å². The van der Waals surface area contributed by atoms with E-state index in [1.54, 1.807) is 24.3 Å². The molecule has 0 radical (unpaired) electrons. The number of aromatic nitrogens is 2. The molecule has 286 valence electrons. The first kappa shape index (κ1) is 40.3. The van der Waals surface area contributed by atoms with E-state index in [4.69, 9.17) is 30.5 Å². The number of fused-ring (bicyclic) bond motifs is 1. The van der Waals surface area contributed by atoms with Gasteiger partial charge in [0.1, 0.15) is 17.4 Å². The summed E-state index contributed by atoms with van der Waals surface area (Å²) in [4.78, 5) is 29.2. The summed E-state index contributed by atoms with van der Waals surface area (Å²) in [5, 5.41) is 14.4. The maximum atomic E-state index is 13.6. The zero-order valence-electron chi connectivity index (χ0n) is 33.5. The van der Waals surface area contributed by atoms with Crippen molar-refractivity contribution in [2.45, 2.75) is 96.5 Å². The van der Waals surface area contributed by atoms with Gasteiger partial charge in [0.25, 0.3) is 0 Å². The lowest BCUT2D eigenvalue weighted by molar-refractivity contribution is 0.0575. The number of ether oxygens (including phenoxy) is 2. The predicted octanol–water partition coefficient (Wildman–Crippen LogP) is 8.99. The van der Waals surface area contributed by atoms with Crippen LogP contribution in [0.4, 0.5) is 27.8 Å². The molecule has 1 aromatic heterocycles. The van der Waals surface area contributed by atoms with Gasteiger partial charge in [-0.3, -0.25) is 4.90 Å². The zero-order chi connectivity index (χ0) is 39.1. The first-order chi connectivity index (χ1) is 24.7. The Balaban J connectivity index is 1.49. The van der Waals surface area contributed by atoms with Crippen LogP contribution in [0.5, 0.6) is 5.75 Å². The standard InChI is InChI=1S/C40H56ClN7O4Si/c1-38(2,3)52-37(49)48-24-40(7,25-51-53(11,12)39(4,5)6)29-20-26(19-27(23-42)35(29)48)31-13-16-43-36(44-31)45-32-21-30(41)33(22-34(32)50-10)47-17-14-28(15-18-47)46(8)9/h13,16,19-22,28H,14-15,17-18,24-25H2,1-12H3,(H,43,44,45). The van der Waals surface area contributed by atoms with Gasteiger partial charge in [-0.05, 0) is 95.7 Å². The lowest BCUT2D eigenvalue weighted by atomic mass is 9.83. The van der Waals surface area contributed by atoms with Gasteiger partial charge in [0.15, 0.2) is 8.32 Å². The van der Waals surface area contributed by atoms with Crippen LogP contribution in [-0.2, 0) is 14.6 Å². The molecule has 5 rings (SSSR count). The number of nitrogens with zero attached hydrogens (tertiary/aromatic N) is 6. The largest absolute Gasteiger partial charge is 0.494 e. The summed E-state index contributed by atoms with van der Waals surface area (Å²) < 4.78 is 18.4. The third kappa shape index (κ3) is 8.75. The summed E-state index contributed by atoms with van der Waals surface area (Å²) in [6.45, 7) is 21.2. The smallest absolute Gasteiger partial charge is 0.414 e. The van der Waals surface area contributed by atoms with Gasteiger partial charge in [0.05, 0.1) is 40.5 Å². The Morgan fingerprint density at radius 2 is 1.81 bits per heavy atom. The minimum absolute atomic E-state index is 0.00394. The molecule has 13 heteroatoms. The Morgan fingerprint density at radius 3 is 2.40 bits per heavy atom. The fourth-order valence-electron chi connectivity index (χ4n) is 6.66. The van der Waals surface area contributed by atoms with Crippen LogP contribution in [0, 0.1) is 11.3 Å². The van der Waals surface area contributed by atoms with E-state index in [2.05, 4.69) is 81.1 Å². The minimum atomic E-state index is -2.16. The number of rotatable bonds is 9. The molecular formula is C40H56ClN7O4Si. The van der Waals surface area contributed by atoms with E-state index in [9.17, 15) is 10.1 Å². The number of amides is 1. The maximum absolute atomic E-state index is 13.6. The third-order valence-corrected chi connectivity index (χ3v) is 15.6. The molecule has 1 saturated heterocycles. The van der Waals surface area contributed by atoms with Crippen LogP contribution in [0.15, 0.2) is 36.5 Å². The minimum Gasteiger partial charge on any atom is -0.494 e. The number of anilines is 4. The molecule has 11 nitrogen and oxygen atoms in total. The van der Waals surface area contributed by atoms with Crippen LogP contribution in [0.1, 0.15) is 72.4 Å². The summed E-state index contributed by atoms with van der Waals surface area (Å²) in [5.41, 5.74) is 3.30. The molecule has 2 aliphatic rings. The quantitative estimate of drug-likeness (QED) is 0.212. The zero-order valence-corrected chi connectivity index (χ0v) is 35.2. The molecule has 1 atom stereocenters. The lowest BCUT2D eigenvalue weighted by Gasteiger charge is -2.39. The molecule has 0 saturated carbocycles. The van der Waals surface area contributed by atoms with E-state index < -0.39 is 25.4 Å². The Bertz CT molecular complexity index is 1880. The van der Waals surface area contributed by atoms with E-state index in [1.165, 1.54) is 0 Å². The number of benzene rings is 2. The molecule has 1 amide bonds. The predicted molar refractivity (Wildman–Crippen MR) is 216 cm³/mol. The number of methoxy groups -OCH3 is 1. The van der Waals surface area contributed by atoms with Gasteiger partial charge < -0.3 is 29.0 Å². The summed E-state index contributed by atoms with van der Waals surface area (Å²) in [6.07, 6.45) is 3.30. The monoisotopic (exact) mass is 761 g/mol. The van der Waals surface area contributed by atoms with Crippen molar-refractivity contribution in [1.29, 1.82) is 5.26 Å². The van der Waals surface area contributed by atoms with Crippen LogP contribution in [-0.4, -0.2) is 88.4 Å². The highest BCUT2D eigenvalue weighted by Crippen LogP contribution is 2.47. The highest BCUT2D eigenvalue weighted by molar-refractivity contribution is 6.74. The van der Waals surface area contributed by atoms with Crippen molar-refractivity contribution in [3.05, 3.63) is 52.7 Å². The normalized spacial score (nSPS) is 18.2. The van der Waals surface area contributed by atoms with E-state index in [0.29, 0.717) is 58.5 Å². The number of carbonyl (C=O) groups excluding carboxylic acids is 1. The van der Waals surface area contributed by atoms with Crippen molar-refractivity contribution in [3.8, 4) is 23.1 Å². The number of carbonyl (C=O) groups is 1. The molecule has 53 heavy (non-hydrogen) atoms. The molecule has 3 heterocycles. The Labute approximate surface area is 321 Å². The van der Waals surface area contributed by atoms with Gasteiger partial charge in [-0.15, -0.1) is 0 Å². The highest BCUT2D eigenvalue weighted by Gasteiger charge is 2.47. The van der Waals surface area contributed by atoms with Crippen LogP contribution in [0.25, 0.3) is 11.3 Å². The van der Waals surface area contributed by atoms with Gasteiger partial charge >= 0.3 is 6.09 Å². The third-order valence-electron chi connectivity index (χ3n) is 10.8. The van der Waals surface area contributed by atoms with Crippen LogP contribution < -0.4 is 19.9 Å². The highest BCUT2D eigenvalue weighted by atomic mass is 35.5.